The Morgan fingerprint density at radius 1 is 1.04 bits per heavy atom. The van der Waals surface area contributed by atoms with Crippen molar-refractivity contribution in [2.24, 2.45) is 4.99 Å². The van der Waals surface area contributed by atoms with Crippen LogP contribution in [-0.4, -0.2) is 29.5 Å². The van der Waals surface area contributed by atoms with E-state index in [1.807, 2.05) is 0 Å². The minimum Gasteiger partial charge on any atom is -0.496 e. The second-order valence-electron chi connectivity index (χ2n) is 4.93. The summed E-state index contributed by atoms with van der Waals surface area (Å²) >= 11 is 0. The zero-order valence-corrected chi connectivity index (χ0v) is 13.5. The van der Waals surface area contributed by atoms with E-state index in [0.717, 1.165) is 36.5 Å². The summed E-state index contributed by atoms with van der Waals surface area (Å²) in [5.74, 6) is -0.386. The maximum absolute atomic E-state index is 12.3. The number of rotatable bonds is 6. The number of nitrogens with zero attached hydrogens (tertiary/aromatic N) is 3. The van der Waals surface area contributed by atoms with Crippen LogP contribution < -0.4 is 9.47 Å². The molecule has 12 heteroatoms. The lowest BCUT2D eigenvalue weighted by atomic mass is 10.2. The van der Waals surface area contributed by atoms with Crippen molar-refractivity contribution in [1.29, 1.82) is 0 Å². The Morgan fingerprint density at radius 3 is 2.11 bits per heavy atom. The molecule has 0 spiro atoms. The van der Waals surface area contributed by atoms with Gasteiger partial charge >= 0.3 is 6.36 Å². The average molecular weight is 385 g/mol. The third kappa shape index (κ3) is 5.39. The fourth-order valence-electron chi connectivity index (χ4n) is 2.02. The van der Waals surface area contributed by atoms with Crippen molar-refractivity contribution in [3.63, 3.8) is 0 Å². The molecule has 0 bridgehead atoms. The molecule has 0 saturated heterocycles. The molecule has 0 aromatic heterocycles. The minimum atomic E-state index is -4.90. The number of aliphatic imine (C=N–C) groups is 1. The normalized spacial score (nSPS) is 11.4. The molecule has 2 aromatic carbocycles. The lowest BCUT2D eigenvalue weighted by molar-refractivity contribution is -0.394. The molecule has 2 aromatic rings. The highest BCUT2D eigenvalue weighted by molar-refractivity contribution is 5.86. The molecule has 0 atom stereocenters. The lowest BCUT2D eigenvalue weighted by Gasteiger charge is -2.11. The predicted molar refractivity (Wildman–Crippen MR) is 86.7 cm³/mol. The van der Waals surface area contributed by atoms with Gasteiger partial charge in [0.15, 0.2) is 0 Å². The Balaban J connectivity index is 2.43. The summed E-state index contributed by atoms with van der Waals surface area (Å²) in [7, 11) is 1.27. The molecule has 0 aliphatic heterocycles. The predicted octanol–water partition coefficient (Wildman–Crippen LogP) is 4.16. The number of nitro benzene ring substituents is 2. The van der Waals surface area contributed by atoms with Crippen LogP contribution in [-0.2, 0) is 0 Å². The molecular weight excluding hydrogens is 375 g/mol. The Bertz CT molecular complexity index is 882. The molecule has 0 N–H and O–H groups in total. The van der Waals surface area contributed by atoms with E-state index in [1.165, 1.54) is 13.2 Å². The van der Waals surface area contributed by atoms with E-state index in [0.29, 0.717) is 0 Å². The molecule has 0 unspecified atom stereocenters. The van der Waals surface area contributed by atoms with Gasteiger partial charge < -0.3 is 9.47 Å². The van der Waals surface area contributed by atoms with Crippen molar-refractivity contribution in [3.05, 3.63) is 62.2 Å². The molecule has 9 nitrogen and oxygen atoms in total. The van der Waals surface area contributed by atoms with Gasteiger partial charge in [-0.1, -0.05) is 0 Å². The van der Waals surface area contributed by atoms with Crippen LogP contribution in [0, 0.1) is 20.2 Å². The Labute approximate surface area is 149 Å². The van der Waals surface area contributed by atoms with Crippen LogP contribution in [0.25, 0.3) is 0 Å². The van der Waals surface area contributed by atoms with E-state index < -0.39 is 33.3 Å². The first-order valence-electron chi connectivity index (χ1n) is 7.01. The van der Waals surface area contributed by atoms with Crippen molar-refractivity contribution in [2.75, 3.05) is 7.11 Å². The van der Waals surface area contributed by atoms with E-state index >= 15 is 0 Å². The van der Waals surface area contributed by atoms with Gasteiger partial charge in [-0.15, -0.1) is 13.2 Å². The van der Waals surface area contributed by atoms with Gasteiger partial charge in [0.2, 0.25) is 0 Å². The third-order valence-corrected chi connectivity index (χ3v) is 3.10. The molecule has 0 fully saturated rings. The van der Waals surface area contributed by atoms with Gasteiger partial charge in [0, 0.05) is 23.9 Å². The van der Waals surface area contributed by atoms with Gasteiger partial charge in [-0.3, -0.25) is 25.2 Å². The van der Waals surface area contributed by atoms with Crippen LogP contribution in [0.15, 0.2) is 41.4 Å². The molecule has 0 aliphatic rings. The topological polar surface area (TPSA) is 117 Å². The van der Waals surface area contributed by atoms with E-state index in [1.54, 1.807) is 0 Å². The monoisotopic (exact) mass is 385 g/mol. The van der Waals surface area contributed by atoms with Gasteiger partial charge in [0.1, 0.15) is 11.5 Å². The minimum absolute atomic E-state index is 0.0633. The fourth-order valence-corrected chi connectivity index (χ4v) is 2.02. The maximum atomic E-state index is 12.3. The van der Waals surface area contributed by atoms with Crippen LogP contribution in [0.2, 0.25) is 0 Å². The first kappa shape index (κ1) is 19.6. The zero-order chi connectivity index (χ0) is 20.2. The van der Waals surface area contributed by atoms with Crippen molar-refractivity contribution in [1.82, 2.24) is 0 Å². The summed E-state index contributed by atoms with van der Waals surface area (Å²) in [5.41, 5.74) is -1.19. The number of ether oxygens (including phenoxy) is 2. The summed E-state index contributed by atoms with van der Waals surface area (Å²) in [4.78, 5) is 23.9. The van der Waals surface area contributed by atoms with Crippen LogP contribution in [0.4, 0.5) is 30.2 Å². The molecular formula is C15H10F3N3O6. The van der Waals surface area contributed by atoms with Crippen LogP contribution in [0.5, 0.6) is 11.5 Å². The van der Waals surface area contributed by atoms with Crippen molar-refractivity contribution < 1.29 is 32.5 Å². The Morgan fingerprint density at radius 2 is 1.63 bits per heavy atom. The SMILES string of the molecule is COc1ccc(OC(F)(F)F)cc1C=Nc1cc([N+](=O)[O-])cc([N+](=O)[O-])c1. The van der Waals surface area contributed by atoms with Crippen molar-refractivity contribution in [3.8, 4) is 11.5 Å². The molecule has 0 saturated carbocycles. The van der Waals surface area contributed by atoms with Crippen molar-refractivity contribution >= 4 is 23.3 Å². The quantitative estimate of drug-likeness (QED) is 0.419. The van der Waals surface area contributed by atoms with Crippen molar-refractivity contribution in [2.45, 2.75) is 6.36 Å². The van der Waals surface area contributed by atoms with Gasteiger partial charge in [-0.25, -0.2) is 0 Å². The first-order chi connectivity index (χ1) is 12.6. The summed E-state index contributed by atoms with van der Waals surface area (Å²) in [5, 5.41) is 21.7. The number of hydrogen-bond donors (Lipinski definition) is 0. The van der Waals surface area contributed by atoms with E-state index in [4.69, 9.17) is 4.74 Å². The lowest BCUT2D eigenvalue weighted by Crippen LogP contribution is -2.17. The first-order valence-corrected chi connectivity index (χ1v) is 7.01. The maximum Gasteiger partial charge on any atom is 0.573 e. The fraction of sp³-hybridized carbons (Fsp3) is 0.133. The summed E-state index contributed by atoms with van der Waals surface area (Å²) in [6.07, 6.45) is -3.85. The molecule has 142 valence electrons. The number of benzene rings is 2. The van der Waals surface area contributed by atoms with Crippen LogP contribution in [0.1, 0.15) is 5.56 Å². The Kier molecular flexibility index (Phi) is 5.58. The van der Waals surface area contributed by atoms with E-state index in [-0.39, 0.29) is 17.0 Å². The zero-order valence-electron chi connectivity index (χ0n) is 13.5. The summed E-state index contributed by atoms with van der Waals surface area (Å²) in [6, 6.07) is 5.94. The highest BCUT2D eigenvalue weighted by atomic mass is 19.4. The molecule has 0 heterocycles. The second kappa shape index (κ2) is 7.68. The highest BCUT2D eigenvalue weighted by Crippen LogP contribution is 2.30. The van der Waals surface area contributed by atoms with Crippen LogP contribution >= 0.6 is 0 Å². The Hall–Kier alpha value is -3.70. The molecule has 0 amide bonds. The van der Waals surface area contributed by atoms with E-state index in [9.17, 15) is 33.4 Å². The summed E-state index contributed by atoms with van der Waals surface area (Å²) < 4.78 is 45.8. The molecule has 27 heavy (non-hydrogen) atoms. The molecule has 2 rings (SSSR count). The number of methoxy groups -OCH3 is 1. The smallest absolute Gasteiger partial charge is 0.496 e. The van der Waals surface area contributed by atoms with Gasteiger partial charge in [-0.05, 0) is 18.2 Å². The number of hydrogen-bond acceptors (Lipinski definition) is 7. The second-order valence-corrected chi connectivity index (χ2v) is 4.93. The highest BCUT2D eigenvalue weighted by Gasteiger charge is 2.31. The average Bonchev–Trinajstić information content (AvgIpc) is 2.58. The standard InChI is InChI=1S/C15H10F3N3O6/c1-26-14-3-2-13(27-15(16,17)18)4-9(14)8-19-10-5-11(20(22)23)7-12(6-10)21(24)25/h2-8H,1H3. The largest absolute Gasteiger partial charge is 0.573 e. The molecule has 0 radical (unpaired) electrons. The van der Waals surface area contributed by atoms with E-state index in [2.05, 4.69) is 9.73 Å². The van der Waals surface area contributed by atoms with Gasteiger partial charge in [0.05, 0.1) is 28.7 Å². The number of non-ortho nitro benzene ring substituents is 2. The van der Waals surface area contributed by atoms with Gasteiger partial charge in [-0.2, -0.15) is 0 Å². The van der Waals surface area contributed by atoms with Crippen LogP contribution in [0.3, 0.4) is 0 Å². The number of nitro groups is 2. The summed E-state index contributed by atoms with van der Waals surface area (Å²) in [6.45, 7) is 0. The third-order valence-electron chi connectivity index (χ3n) is 3.10. The number of halogens is 3. The van der Waals surface area contributed by atoms with Gasteiger partial charge in [0.25, 0.3) is 11.4 Å². The molecule has 0 aliphatic carbocycles. The number of alkyl halides is 3.